The molecule has 0 rings (SSSR count). The van der Waals surface area contributed by atoms with Crippen molar-refractivity contribution in [1.82, 2.24) is 0 Å². The Bertz CT molecular complexity index is 346. The van der Waals surface area contributed by atoms with Gasteiger partial charge in [0.2, 0.25) is 0 Å². The molecule has 0 aliphatic carbocycles. The zero-order valence-electron chi connectivity index (χ0n) is 20.7. The fraction of sp³-hybridized carbons (Fsp3) is 1.00. The van der Waals surface area contributed by atoms with E-state index in [0.717, 1.165) is 19.3 Å². The summed E-state index contributed by atoms with van der Waals surface area (Å²) in [4.78, 5) is 17.1. The molecule has 2 N–H and O–H groups in total. The van der Waals surface area contributed by atoms with Crippen LogP contribution < -0.4 is 0 Å². The van der Waals surface area contributed by atoms with Crippen LogP contribution in [0.5, 0.6) is 0 Å². The van der Waals surface area contributed by atoms with Crippen LogP contribution >= 0.6 is 7.82 Å². The number of phosphoric acid groups is 1. The summed E-state index contributed by atoms with van der Waals surface area (Å²) in [5.74, 6) is 0. The van der Waals surface area contributed by atoms with Gasteiger partial charge in [-0.05, 0) is 6.42 Å². The fourth-order valence-corrected chi connectivity index (χ4v) is 4.38. The minimum atomic E-state index is -4.26. The van der Waals surface area contributed by atoms with E-state index in [-0.39, 0.29) is 6.61 Å². The van der Waals surface area contributed by atoms with Crippen molar-refractivity contribution in [3.8, 4) is 0 Å². The molecule has 0 aromatic carbocycles. The summed E-state index contributed by atoms with van der Waals surface area (Å²) in [6.45, 7) is 4.69. The second-order valence-electron chi connectivity index (χ2n) is 8.69. The van der Waals surface area contributed by atoms with E-state index < -0.39 is 7.82 Å². The van der Waals surface area contributed by atoms with Gasteiger partial charge in [0, 0.05) is 0 Å². The van der Waals surface area contributed by atoms with Crippen molar-refractivity contribution in [3.05, 3.63) is 0 Å². The average molecular weight is 459 g/mol. The van der Waals surface area contributed by atoms with Gasteiger partial charge in [-0.25, -0.2) is 4.57 Å². The van der Waals surface area contributed by atoms with Crippen LogP contribution in [0.2, 0.25) is 3.67 Å². The van der Waals surface area contributed by atoms with Crippen LogP contribution in [0.15, 0.2) is 0 Å². The van der Waals surface area contributed by atoms with Crippen molar-refractivity contribution in [2.75, 3.05) is 6.61 Å². The number of hydrogen-bond donors (Lipinski definition) is 2. The monoisotopic (exact) mass is 458 g/mol. The van der Waals surface area contributed by atoms with Gasteiger partial charge in [-0.15, -0.1) is 0 Å². The third-order valence-electron chi connectivity index (χ3n) is 5.46. The first kappa shape index (κ1) is 33.3. The number of phosphoric ester groups is 1. The predicted molar refractivity (Wildman–Crippen MR) is 132 cm³/mol. The first-order chi connectivity index (χ1) is 14.5. The molecule has 0 fully saturated rings. The molecule has 30 heavy (non-hydrogen) atoms. The summed E-state index contributed by atoms with van der Waals surface area (Å²) in [7, 11) is -4.26. The normalized spacial score (nSPS) is 11.4. The molecule has 6 heteroatoms. The second kappa shape index (κ2) is 28.1. The summed E-state index contributed by atoms with van der Waals surface area (Å²) in [5.41, 5.74) is 0. The number of rotatable bonds is 22. The van der Waals surface area contributed by atoms with E-state index >= 15 is 0 Å². The molecular formula is C24H52NaO4P. The van der Waals surface area contributed by atoms with Gasteiger partial charge in [0.05, 0.1) is 6.61 Å². The number of unbranched alkanes of at least 4 members (excludes halogenated alkanes) is 18. The summed E-state index contributed by atoms with van der Waals surface area (Å²) < 4.78 is 16.4. The van der Waals surface area contributed by atoms with E-state index in [0.29, 0.717) is 0 Å². The standard InChI is InChI=1S/C18H39O4P.C6H13.Na/c1-2-3-4-5-6-7-8-9-10-11-12-13-14-15-16-17-18-22-23(19,20)21;1-3-5-6-4-2;/h2-18H2,1H3,(H2,19,20,21);1,3-6H2,2H3;. The van der Waals surface area contributed by atoms with Gasteiger partial charge in [-0.1, -0.05) is 103 Å². The van der Waals surface area contributed by atoms with Crippen molar-refractivity contribution >= 4 is 35.8 Å². The van der Waals surface area contributed by atoms with Crippen LogP contribution in [0.3, 0.4) is 0 Å². The van der Waals surface area contributed by atoms with Crippen LogP contribution in [-0.4, -0.2) is 44.3 Å². The van der Waals surface area contributed by atoms with E-state index in [2.05, 4.69) is 18.4 Å². The summed E-state index contributed by atoms with van der Waals surface area (Å²) in [6.07, 6.45) is 26.5. The summed E-state index contributed by atoms with van der Waals surface area (Å²) >= 11 is 1.41. The molecule has 0 spiro atoms. The molecule has 0 radical (unpaired) electrons. The molecule has 0 heterocycles. The molecular weight excluding hydrogens is 406 g/mol. The van der Waals surface area contributed by atoms with Gasteiger partial charge in [-0.2, -0.15) is 0 Å². The van der Waals surface area contributed by atoms with Gasteiger partial charge >= 0.3 is 72.0 Å². The maximum absolute atomic E-state index is 10.5. The Morgan fingerprint density at radius 2 is 0.867 bits per heavy atom. The van der Waals surface area contributed by atoms with Crippen molar-refractivity contribution in [1.29, 1.82) is 0 Å². The van der Waals surface area contributed by atoms with Crippen LogP contribution in [0, 0.1) is 0 Å². The zero-order valence-corrected chi connectivity index (χ0v) is 23.6. The van der Waals surface area contributed by atoms with Crippen LogP contribution in [0.1, 0.15) is 142 Å². The van der Waals surface area contributed by atoms with Gasteiger partial charge in [0.25, 0.3) is 0 Å². The summed E-state index contributed by atoms with van der Waals surface area (Å²) in [5, 5.41) is 0. The van der Waals surface area contributed by atoms with Gasteiger partial charge in [0.15, 0.2) is 0 Å². The molecule has 0 unspecified atom stereocenters. The predicted octanol–water partition coefficient (Wildman–Crippen LogP) is 8.51. The molecule has 0 aliphatic heterocycles. The van der Waals surface area contributed by atoms with E-state index in [4.69, 9.17) is 9.79 Å². The van der Waals surface area contributed by atoms with Crippen LogP contribution in [0.4, 0.5) is 0 Å². The molecule has 0 aromatic heterocycles. The van der Waals surface area contributed by atoms with E-state index in [1.165, 1.54) is 141 Å². The van der Waals surface area contributed by atoms with Gasteiger partial charge in [-0.3, -0.25) is 4.52 Å². The Kier molecular flexibility index (Phi) is 31.2. The molecule has 0 saturated heterocycles. The fourth-order valence-electron chi connectivity index (χ4n) is 3.51. The Balaban J connectivity index is 0. The van der Waals surface area contributed by atoms with Crippen molar-refractivity contribution in [2.45, 2.75) is 146 Å². The molecule has 0 aromatic rings. The Morgan fingerprint density at radius 3 is 1.17 bits per heavy atom. The minimum absolute atomic E-state index is 0.169. The quantitative estimate of drug-likeness (QED) is 0.0969. The first-order valence-electron chi connectivity index (χ1n) is 13.2. The second-order valence-corrected chi connectivity index (χ2v) is 10.9. The molecule has 0 saturated carbocycles. The summed E-state index contributed by atoms with van der Waals surface area (Å²) in [6, 6.07) is 0. The third-order valence-corrected chi connectivity index (χ3v) is 6.69. The van der Waals surface area contributed by atoms with Crippen molar-refractivity contribution in [3.63, 3.8) is 0 Å². The maximum atomic E-state index is 10.5. The molecule has 178 valence electrons. The average Bonchev–Trinajstić information content (AvgIpc) is 2.70. The molecule has 0 bridgehead atoms. The third kappa shape index (κ3) is 36.5. The molecule has 4 nitrogen and oxygen atoms in total. The Hall–Kier alpha value is 1.11. The Labute approximate surface area is 206 Å². The SMILES string of the molecule is CCCCCCCCCCCCCCCCCCOP(=O)(O)O.CCCCC[CH2][Na]. The molecule has 0 amide bonds. The van der Waals surface area contributed by atoms with Crippen molar-refractivity contribution in [2.24, 2.45) is 0 Å². The topological polar surface area (TPSA) is 66.8 Å². The van der Waals surface area contributed by atoms with Crippen molar-refractivity contribution < 1.29 is 18.9 Å². The first-order valence-corrected chi connectivity index (χ1v) is 16.1. The van der Waals surface area contributed by atoms with Crippen LogP contribution in [0.25, 0.3) is 0 Å². The zero-order chi connectivity index (χ0) is 22.8. The van der Waals surface area contributed by atoms with Crippen LogP contribution in [-0.2, 0) is 9.09 Å². The Morgan fingerprint density at radius 1 is 0.567 bits per heavy atom. The van der Waals surface area contributed by atoms with Gasteiger partial charge < -0.3 is 9.79 Å². The van der Waals surface area contributed by atoms with E-state index in [1.54, 1.807) is 0 Å². The number of hydrogen-bond acceptors (Lipinski definition) is 2. The van der Waals surface area contributed by atoms with Gasteiger partial charge in [0.1, 0.15) is 0 Å². The molecule has 0 aliphatic rings. The molecule has 0 atom stereocenters. The van der Waals surface area contributed by atoms with E-state index in [1.807, 2.05) is 0 Å². The van der Waals surface area contributed by atoms with E-state index in [9.17, 15) is 4.57 Å².